The lowest BCUT2D eigenvalue weighted by molar-refractivity contribution is 0.135. The van der Waals surface area contributed by atoms with E-state index >= 15 is 0 Å². The summed E-state index contributed by atoms with van der Waals surface area (Å²) in [5.74, 6) is 4.21. The first kappa shape index (κ1) is 14.4. The van der Waals surface area contributed by atoms with Gasteiger partial charge in [0.2, 0.25) is 0 Å². The molecule has 2 saturated carbocycles. The van der Waals surface area contributed by atoms with E-state index in [4.69, 9.17) is 0 Å². The van der Waals surface area contributed by atoms with E-state index in [1.165, 1.54) is 57.8 Å². The molecule has 0 saturated heterocycles. The van der Waals surface area contributed by atoms with Crippen molar-refractivity contribution in [2.75, 3.05) is 0 Å². The molecule has 0 heteroatoms. The minimum absolute atomic E-state index is 1.00. The van der Waals surface area contributed by atoms with Crippen LogP contribution >= 0.6 is 0 Å². The third-order valence-electron chi connectivity index (χ3n) is 5.93. The molecule has 106 valence electrons. The monoisotopic (exact) mass is 250 g/mol. The van der Waals surface area contributed by atoms with Gasteiger partial charge < -0.3 is 0 Å². The predicted molar refractivity (Wildman–Crippen MR) is 80.7 cm³/mol. The van der Waals surface area contributed by atoms with Gasteiger partial charge in [-0.3, -0.25) is 0 Å². The molecule has 0 radical (unpaired) electrons. The SMILES string of the molecule is CCC1CCCC(C2CCCCCCCC2C)C1. The van der Waals surface area contributed by atoms with Gasteiger partial charge in [0, 0.05) is 0 Å². The van der Waals surface area contributed by atoms with Crippen molar-refractivity contribution in [2.45, 2.75) is 90.9 Å². The van der Waals surface area contributed by atoms with Gasteiger partial charge in [0.05, 0.1) is 0 Å². The van der Waals surface area contributed by atoms with Crippen LogP contribution in [0.5, 0.6) is 0 Å². The maximum absolute atomic E-state index is 2.56. The van der Waals surface area contributed by atoms with Gasteiger partial charge in [0.1, 0.15) is 0 Å². The zero-order valence-electron chi connectivity index (χ0n) is 12.8. The molecule has 0 N–H and O–H groups in total. The van der Waals surface area contributed by atoms with Crippen LogP contribution < -0.4 is 0 Å². The molecule has 0 spiro atoms. The molecule has 0 bridgehead atoms. The van der Waals surface area contributed by atoms with E-state index in [-0.39, 0.29) is 0 Å². The zero-order chi connectivity index (χ0) is 12.8. The van der Waals surface area contributed by atoms with E-state index in [1.54, 1.807) is 19.3 Å². The maximum atomic E-state index is 2.56. The van der Waals surface area contributed by atoms with Crippen molar-refractivity contribution in [1.82, 2.24) is 0 Å². The van der Waals surface area contributed by atoms with Crippen LogP contribution in [-0.2, 0) is 0 Å². The van der Waals surface area contributed by atoms with E-state index in [0.717, 1.165) is 23.7 Å². The average molecular weight is 250 g/mol. The van der Waals surface area contributed by atoms with Crippen molar-refractivity contribution >= 4 is 0 Å². The van der Waals surface area contributed by atoms with E-state index in [2.05, 4.69) is 13.8 Å². The Balaban J connectivity index is 1.93. The highest BCUT2D eigenvalue weighted by Crippen LogP contribution is 2.42. The Morgan fingerprint density at radius 1 is 0.778 bits per heavy atom. The fourth-order valence-electron chi connectivity index (χ4n) is 4.67. The third-order valence-corrected chi connectivity index (χ3v) is 5.93. The molecule has 0 aromatic rings. The molecular formula is C18H34. The summed E-state index contributed by atoms with van der Waals surface area (Å²) in [5, 5.41) is 0. The number of hydrogen-bond donors (Lipinski definition) is 0. The summed E-state index contributed by atoms with van der Waals surface area (Å²) >= 11 is 0. The van der Waals surface area contributed by atoms with Gasteiger partial charge in [-0.15, -0.1) is 0 Å². The standard InChI is InChI=1S/C18H34/c1-3-16-11-9-12-17(14-16)18-13-8-6-4-5-7-10-15(18)2/h15-18H,3-14H2,1-2H3. The summed E-state index contributed by atoms with van der Waals surface area (Å²) in [6.07, 6.45) is 18.2. The fourth-order valence-corrected chi connectivity index (χ4v) is 4.67. The zero-order valence-corrected chi connectivity index (χ0v) is 12.8. The van der Waals surface area contributed by atoms with Gasteiger partial charge >= 0.3 is 0 Å². The molecule has 4 unspecified atom stereocenters. The first-order valence-electron chi connectivity index (χ1n) is 8.81. The quantitative estimate of drug-likeness (QED) is 0.547. The first-order chi connectivity index (χ1) is 8.81. The smallest absolute Gasteiger partial charge is 0.0360 e. The van der Waals surface area contributed by atoms with Crippen LogP contribution in [0.2, 0.25) is 0 Å². The highest BCUT2D eigenvalue weighted by atomic mass is 14.4. The highest BCUT2D eigenvalue weighted by molar-refractivity contribution is 4.81. The van der Waals surface area contributed by atoms with Gasteiger partial charge in [-0.1, -0.05) is 78.1 Å². The Hall–Kier alpha value is 0. The van der Waals surface area contributed by atoms with Crippen molar-refractivity contribution in [2.24, 2.45) is 23.7 Å². The third kappa shape index (κ3) is 4.00. The lowest BCUT2D eigenvalue weighted by Gasteiger charge is -2.37. The van der Waals surface area contributed by atoms with Crippen molar-refractivity contribution in [1.29, 1.82) is 0 Å². The lowest BCUT2D eigenvalue weighted by atomic mass is 9.68. The molecule has 2 rings (SSSR count). The molecule has 2 fully saturated rings. The first-order valence-corrected chi connectivity index (χ1v) is 8.81. The molecule has 4 atom stereocenters. The van der Waals surface area contributed by atoms with Crippen LogP contribution in [-0.4, -0.2) is 0 Å². The van der Waals surface area contributed by atoms with Gasteiger partial charge in [-0.25, -0.2) is 0 Å². The Morgan fingerprint density at radius 3 is 2.28 bits per heavy atom. The molecule has 0 heterocycles. The molecule has 18 heavy (non-hydrogen) atoms. The normalized spacial score (nSPS) is 39.7. The minimum Gasteiger partial charge on any atom is -0.0651 e. The summed E-state index contributed by atoms with van der Waals surface area (Å²) in [5.41, 5.74) is 0. The lowest BCUT2D eigenvalue weighted by Crippen LogP contribution is -2.27. The van der Waals surface area contributed by atoms with Crippen LogP contribution in [0.15, 0.2) is 0 Å². The fraction of sp³-hybridized carbons (Fsp3) is 1.00. The summed E-state index contributed by atoms with van der Waals surface area (Å²) in [6.45, 7) is 4.96. The molecule has 0 nitrogen and oxygen atoms in total. The summed E-state index contributed by atoms with van der Waals surface area (Å²) in [7, 11) is 0. The van der Waals surface area contributed by atoms with E-state index in [9.17, 15) is 0 Å². The molecular weight excluding hydrogens is 216 g/mol. The van der Waals surface area contributed by atoms with Gasteiger partial charge in [-0.05, 0) is 36.5 Å². The van der Waals surface area contributed by atoms with Crippen LogP contribution in [0, 0.1) is 23.7 Å². The highest BCUT2D eigenvalue weighted by Gasteiger charge is 2.30. The predicted octanol–water partition coefficient (Wildman–Crippen LogP) is 6.20. The van der Waals surface area contributed by atoms with E-state index in [1.807, 2.05) is 0 Å². The van der Waals surface area contributed by atoms with Crippen LogP contribution in [0.25, 0.3) is 0 Å². The second-order valence-corrected chi connectivity index (χ2v) is 7.19. The van der Waals surface area contributed by atoms with Gasteiger partial charge in [-0.2, -0.15) is 0 Å². The van der Waals surface area contributed by atoms with Crippen molar-refractivity contribution in [3.8, 4) is 0 Å². The summed E-state index contributed by atoms with van der Waals surface area (Å²) in [6, 6.07) is 0. The molecule has 2 aliphatic carbocycles. The second-order valence-electron chi connectivity index (χ2n) is 7.19. The van der Waals surface area contributed by atoms with Crippen LogP contribution in [0.3, 0.4) is 0 Å². The molecule has 0 aromatic carbocycles. The van der Waals surface area contributed by atoms with Crippen LogP contribution in [0.4, 0.5) is 0 Å². The Kier molecular flexibility index (Phi) is 6.05. The maximum Gasteiger partial charge on any atom is -0.0360 e. The van der Waals surface area contributed by atoms with Gasteiger partial charge in [0.25, 0.3) is 0 Å². The number of hydrogen-bond acceptors (Lipinski definition) is 0. The average Bonchev–Trinajstić information content (AvgIpc) is 2.51. The van der Waals surface area contributed by atoms with Gasteiger partial charge in [0.15, 0.2) is 0 Å². The molecule has 0 amide bonds. The molecule has 0 aromatic heterocycles. The molecule has 0 aliphatic heterocycles. The van der Waals surface area contributed by atoms with E-state index in [0.29, 0.717) is 0 Å². The van der Waals surface area contributed by atoms with Crippen molar-refractivity contribution in [3.05, 3.63) is 0 Å². The largest absolute Gasteiger partial charge is 0.0651 e. The van der Waals surface area contributed by atoms with Crippen molar-refractivity contribution < 1.29 is 0 Å². The van der Waals surface area contributed by atoms with Crippen LogP contribution in [0.1, 0.15) is 90.9 Å². The topological polar surface area (TPSA) is 0 Å². The van der Waals surface area contributed by atoms with E-state index < -0.39 is 0 Å². The Bertz CT molecular complexity index is 220. The molecule has 2 aliphatic rings. The van der Waals surface area contributed by atoms with Crippen molar-refractivity contribution in [3.63, 3.8) is 0 Å². The Morgan fingerprint density at radius 2 is 1.50 bits per heavy atom. The minimum atomic E-state index is 1.00. The number of rotatable bonds is 2. The second kappa shape index (κ2) is 7.56. The Labute approximate surface area is 115 Å². The summed E-state index contributed by atoms with van der Waals surface area (Å²) < 4.78 is 0. The summed E-state index contributed by atoms with van der Waals surface area (Å²) in [4.78, 5) is 0.